The van der Waals surface area contributed by atoms with Crippen molar-refractivity contribution in [3.63, 3.8) is 0 Å². The Balaban J connectivity index is 1.77. The fourth-order valence-electron chi connectivity index (χ4n) is 3.33. The highest BCUT2D eigenvalue weighted by molar-refractivity contribution is 6.32. The lowest BCUT2D eigenvalue weighted by atomic mass is 9.82. The van der Waals surface area contributed by atoms with Crippen LogP contribution >= 0.6 is 0 Å². The number of nitrogen functional groups attached to an aromatic ring is 1. The van der Waals surface area contributed by atoms with Gasteiger partial charge in [0.2, 0.25) is 0 Å². The Morgan fingerprint density at radius 2 is 1.54 bits per heavy atom. The number of ether oxygens (including phenoxy) is 1. The minimum absolute atomic E-state index is 0.168. The number of carbonyl (C=O) groups excluding carboxylic acids is 3. The van der Waals surface area contributed by atoms with E-state index in [1.54, 1.807) is 60.7 Å². The number of nitrogens with two attached hydrogens (primary N) is 1. The van der Waals surface area contributed by atoms with Crippen molar-refractivity contribution in [1.82, 2.24) is 0 Å². The Morgan fingerprint density at radius 3 is 2.29 bits per heavy atom. The molecule has 0 saturated carbocycles. The van der Waals surface area contributed by atoms with E-state index in [0.29, 0.717) is 11.3 Å². The smallest absolute Gasteiger partial charge is 0.255 e. The Morgan fingerprint density at radius 1 is 0.893 bits per heavy atom. The molecule has 1 amide bonds. The number of benzene rings is 3. The second-order valence-electron chi connectivity index (χ2n) is 6.34. The van der Waals surface area contributed by atoms with Crippen LogP contribution in [0.25, 0.3) is 0 Å². The van der Waals surface area contributed by atoms with E-state index in [0.717, 1.165) is 0 Å². The molecule has 3 N–H and O–H groups in total. The zero-order valence-electron chi connectivity index (χ0n) is 15.0. The largest absolute Gasteiger partial charge is 0.497 e. The highest BCUT2D eigenvalue weighted by atomic mass is 16.5. The van der Waals surface area contributed by atoms with E-state index >= 15 is 0 Å². The molecule has 138 valence electrons. The summed E-state index contributed by atoms with van der Waals surface area (Å²) >= 11 is 0. The lowest BCUT2D eigenvalue weighted by molar-refractivity contribution is 0.0979. The molecule has 1 aliphatic rings. The van der Waals surface area contributed by atoms with Crippen molar-refractivity contribution < 1.29 is 19.1 Å². The van der Waals surface area contributed by atoms with Crippen LogP contribution in [0.3, 0.4) is 0 Å². The van der Waals surface area contributed by atoms with E-state index in [-0.39, 0.29) is 45.2 Å². The first-order valence-electron chi connectivity index (χ1n) is 8.57. The molecule has 0 heterocycles. The molecule has 0 atom stereocenters. The van der Waals surface area contributed by atoms with Crippen LogP contribution < -0.4 is 15.8 Å². The highest BCUT2D eigenvalue weighted by Crippen LogP contribution is 2.34. The van der Waals surface area contributed by atoms with E-state index in [1.165, 1.54) is 7.11 Å². The predicted molar refractivity (Wildman–Crippen MR) is 105 cm³/mol. The van der Waals surface area contributed by atoms with Crippen LogP contribution in [0, 0.1) is 0 Å². The molecule has 4 rings (SSSR count). The van der Waals surface area contributed by atoms with Gasteiger partial charge in [-0.2, -0.15) is 0 Å². The number of hydrogen-bond donors (Lipinski definition) is 2. The first-order valence-corrected chi connectivity index (χ1v) is 8.57. The molecule has 0 aromatic heterocycles. The lowest BCUT2D eigenvalue weighted by Crippen LogP contribution is -2.25. The third-order valence-electron chi connectivity index (χ3n) is 4.68. The molecular weight excluding hydrogens is 356 g/mol. The van der Waals surface area contributed by atoms with Gasteiger partial charge in [-0.3, -0.25) is 14.4 Å². The molecule has 0 bridgehead atoms. The summed E-state index contributed by atoms with van der Waals surface area (Å²) in [6.45, 7) is 0. The Hall–Kier alpha value is -3.93. The fraction of sp³-hybridized carbons (Fsp3) is 0.0455. The van der Waals surface area contributed by atoms with Crippen LogP contribution in [0.1, 0.15) is 42.2 Å². The number of amides is 1. The SMILES string of the molecule is COc1cccc(C(=O)Nc2cccc3c2C(=O)c2cccc(N)c2C3=O)c1. The number of fused-ring (bicyclic) bond motifs is 2. The Kier molecular flexibility index (Phi) is 4.16. The van der Waals surface area contributed by atoms with Crippen molar-refractivity contribution in [3.05, 3.63) is 88.5 Å². The van der Waals surface area contributed by atoms with E-state index in [9.17, 15) is 14.4 Å². The van der Waals surface area contributed by atoms with E-state index < -0.39 is 5.91 Å². The molecule has 0 saturated heterocycles. The number of hydrogen-bond acceptors (Lipinski definition) is 5. The number of anilines is 2. The first-order chi connectivity index (χ1) is 13.5. The van der Waals surface area contributed by atoms with Crippen LogP contribution in [0.4, 0.5) is 11.4 Å². The number of nitrogens with one attached hydrogen (secondary N) is 1. The Labute approximate surface area is 160 Å². The minimum Gasteiger partial charge on any atom is -0.497 e. The topological polar surface area (TPSA) is 98.5 Å². The average Bonchev–Trinajstić information content (AvgIpc) is 2.71. The van der Waals surface area contributed by atoms with E-state index in [2.05, 4.69) is 5.32 Å². The van der Waals surface area contributed by atoms with Gasteiger partial charge in [0.1, 0.15) is 5.75 Å². The molecule has 0 radical (unpaired) electrons. The van der Waals surface area contributed by atoms with Crippen LogP contribution in [0.5, 0.6) is 5.75 Å². The number of rotatable bonds is 3. The van der Waals surface area contributed by atoms with Crippen molar-refractivity contribution in [1.29, 1.82) is 0 Å². The molecule has 0 aliphatic heterocycles. The minimum atomic E-state index is -0.411. The summed E-state index contributed by atoms with van der Waals surface area (Å²) in [4.78, 5) is 38.6. The van der Waals surface area contributed by atoms with Gasteiger partial charge in [-0.25, -0.2) is 0 Å². The van der Waals surface area contributed by atoms with Gasteiger partial charge in [0, 0.05) is 22.4 Å². The second kappa shape index (κ2) is 6.66. The van der Waals surface area contributed by atoms with Gasteiger partial charge in [-0.1, -0.05) is 30.3 Å². The van der Waals surface area contributed by atoms with Gasteiger partial charge in [-0.05, 0) is 30.3 Å². The predicted octanol–water partition coefficient (Wildman–Crippen LogP) is 3.31. The molecule has 28 heavy (non-hydrogen) atoms. The summed E-state index contributed by atoms with van der Waals surface area (Å²) in [6, 6.07) is 16.2. The van der Waals surface area contributed by atoms with Gasteiger partial charge in [0.05, 0.1) is 23.9 Å². The maximum atomic E-state index is 13.1. The lowest BCUT2D eigenvalue weighted by Gasteiger charge is -2.21. The van der Waals surface area contributed by atoms with Crippen molar-refractivity contribution in [2.45, 2.75) is 0 Å². The van der Waals surface area contributed by atoms with Crippen molar-refractivity contribution in [2.75, 3.05) is 18.2 Å². The van der Waals surface area contributed by atoms with Crippen LogP contribution in [0.15, 0.2) is 60.7 Å². The average molecular weight is 372 g/mol. The molecule has 0 fully saturated rings. The molecule has 3 aromatic rings. The van der Waals surface area contributed by atoms with Crippen LogP contribution in [-0.4, -0.2) is 24.6 Å². The van der Waals surface area contributed by atoms with Crippen molar-refractivity contribution in [2.24, 2.45) is 0 Å². The maximum Gasteiger partial charge on any atom is 0.255 e. The first kappa shape index (κ1) is 17.5. The molecule has 0 unspecified atom stereocenters. The zero-order chi connectivity index (χ0) is 19.8. The fourth-order valence-corrected chi connectivity index (χ4v) is 3.33. The second-order valence-corrected chi connectivity index (χ2v) is 6.34. The third-order valence-corrected chi connectivity index (χ3v) is 4.68. The normalized spacial score (nSPS) is 12.2. The van der Waals surface area contributed by atoms with Gasteiger partial charge >= 0.3 is 0 Å². The molecule has 1 aliphatic carbocycles. The van der Waals surface area contributed by atoms with Crippen molar-refractivity contribution >= 4 is 28.8 Å². The van der Waals surface area contributed by atoms with E-state index in [1.807, 2.05) is 0 Å². The van der Waals surface area contributed by atoms with E-state index in [4.69, 9.17) is 10.5 Å². The summed E-state index contributed by atoms with van der Waals surface area (Å²) in [5.41, 5.74) is 7.65. The summed E-state index contributed by atoms with van der Waals surface area (Å²) in [6.07, 6.45) is 0. The summed E-state index contributed by atoms with van der Waals surface area (Å²) in [5.74, 6) is -0.553. The van der Waals surface area contributed by atoms with Gasteiger partial charge in [-0.15, -0.1) is 0 Å². The third kappa shape index (κ3) is 2.72. The molecule has 0 spiro atoms. The monoisotopic (exact) mass is 372 g/mol. The summed E-state index contributed by atoms with van der Waals surface area (Å²) in [7, 11) is 1.51. The number of carbonyl (C=O) groups is 3. The standard InChI is InChI=1S/C22H16N2O4/c1-28-13-6-2-5-12(11-13)22(27)24-17-10-4-8-15-19(17)21(26)14-7-3-9-16(23)18(14)20(15)25/h2-11H,23H2,1H3,(H,24,27). The molecular formula is C22H16N2O4. The number of ketones is 2. The van der Waals surface area contributed by atoms with Gasteiger partial charge < -0.3 is 15.8 Å². The Bertz CT molecular complexity index is 1150. The molecule has 6 nitrogen and oxygen atoms in total. The van der Waals surface area contributed by atoms with Gasteiger partial charge in [0.25, 0.3) is 5.91 Å². The van der Waals surface area contributed by atoms with Crippen molar-refractivity contribution in [3.8, 4) is 5.75 Å². The summed E-state index contributed by atoms with van der Waals surface area (Å²) in [5, 5.41) is 2.74. The van der Waals surface area contributed by atoms with Crippen LogP contribution in [0.2, 0.25) is 0 Å². The zero-order valence-corrected chi connectivity index (χ0v) is 15.0. The highest BCUT2D eigenvalue weighted by Gasteiger charge is 2.33. The maximum absolute atomic E-state index is 13.1. The quantitative estimate of drug-likeness (QED) is 0.538. The van der Waals surface area contributed by atoms with Crippen LogP contribution in [-0.2, 0) is 0 Å². The van der Waals surface area contributed by atoms with Gasteiger partial charge in [0.15, 0.2) is 11.6 Å². The molecule has 3 aromatic carbocycles. The number of methoxy groups -OCH3 is 1. The summed E-state index contributed by atoms with van der Waals surface area (Å²) < 4.78 is 5.14. The molecule has 6 heteroatoms.